The fourth-order valence-corrected chi connectivity index (χ4v) is 1.71. The van der Waals surface area contributed by atoms with Crippen molar-refractivity contribution in [3.8, 4) is 5.69 Å². The maximum atomic E-state index is 10.8. The predicted octanol–water partition coefficient (Wildman–Crippen LogP) is 2.54. The highest BCUT2D eigenvalue weighted by atomic mass is 79.9. The van der Waals surface area contributed by atoms with Crippen molar-refractivity contribution in [2.24, 2.45) is 0 Å². The van der Waals surface area contributed by atoms with E-state index in [2.05, 4.69) is 20.9 Å². The summed E-state index contributed by atoms with van der Waals surface area (Å²) < 4.78 is 2.15. The third kappa shape index (κ3) is 1.75. The number of para-hydroxylation sites is 2. The predicted molar refractivity (Wildman–Crippen MR) is 57.9 cm³/mol. The number of imidazole rings is 1. The second kappa shape index (κ2) is 3.82. The van der Waals surface area contributed by atoms with Gasteiger partial charge in [-0.05, 0) is 22.0 Å². The molecule has 0 saturated heterocycles. The minimum absolute atomic E-state index is 0.0520. The van der Waals surface area contributed by atoms with E-state index in [4.69, 9.17) is 0 Å². The quantitative estimate of drug-likeness (QED) is 0.621. The van der Waals surface area contributed by atoms with Crippen molar-refractivity contribution in [2.75, 3.05) is 0 Å². The van der Waals surface area contributed by atoms with Crippen molar-refractivity contribution in [3.63, 3.8) is 0 Å². The van der Waals surface area contributed by atoms with Gasteiger partial charge in [-0.25, -0.2) is 4.98 Å². The van der Waals surface area contributed by atoms with Crippen LogP contribution in [0.15, 0.2) is 41.4 Å². The van der Waals surface area contributed by atoms with Crippen LogP contribution in [-0.4, -0.2) is 14.5 Å². The lowest BCUT2D eigenvalue weighted by molar-refractivity contribution is -0.384. The Morgan fingerprint density at radius 2 is 2.13 bits per heavy atom. The number of benzene rings is 1. The molecule has 6 heteroatoms. The molecule has 0 aliphatic heterocycles. The lowest BCUT2D eigenvalue weighted by atomic mass is 10.2. The summed E-state index contributed by atoms with van der Waals surface area (Å²) in [5.41, 5.74) is 0.545. The summed E-state index contributed by atoms with van der Waals surface area (Å²) in [4.78, 5) is 14.3. The highest BCUT2D eigenvalue weighted by Gasteiger charge is 2.15. The molecule has 0 N–H and O–H groups in total. The smallest absolute Gasteiger partial charge is 0.288 e. The summed E-state index contributed by atoms with van der Waals surface area (Å²) in [7, 11) is 0. The number of nitro groups is 1. The Labute approximate surface area is 93.6 Å². The molecule has 0 unspecified atom stereocenters. The Kier molecular flexibility index (Phi) is 2.51. The summed E-state index contributed by atoms with van der Waals surface area (Å²) in [6.45, 7) is 0. The van der Waals surface area contributed by atoms with Gasteiger partial charge in [0, 0.05) is 18.5 Å². The van der Waals surface area contributed by atoms with Crippen molar-refractivity contribution in [3.05, 3.63) is 51.5 Å². The number of hydrogen-bond acceptors (Lipinski definition) is 3. The van der Waals surface area contributed by atoms with Gasteiger partial charge in [0.25, 0.3) is 5.69 Å². The maximum Gasteiger partial charge on any atom is 0.293 e. The molecule has 0 radical (unpaired) electrons. The molecule has 0 aliphatic carbocycles. The Morgan fingerprint density at radius 1 is 1.40 bits per heavy atom. The molecule has 0 amide bonds. The van der Waals surface area contributed by atoms with Crippen molar-refractivity contribution in [2.45, 2.75) is 0 Å². The average Bonchev–Trinajstić information content (AvgIpc) is 2.64. The zero-order valence-electron chi connectivity index (χ0n) is 7.50. The Morgan fingerprint density at radius 3 is 2.73 bits per heavy atom. The van der Waals surface area contributed by atoms with E-state index in [0.717, 1.165) is 0 Å². The van der Waals surface area contributed by atoms with Crippen LogP contribution in [0.1, 0.15) is 0 Å². The number of nitro benzene ring substituents is 1. The van der Waals surface area contributed by atoms with Crippen LogP contribution in [0, 0.1) is 10.1 Å². The fourth-order valence-electron chi connectivity index (χ4n) is 1.29. The third-order valence-corrected chi connectivity index (χ3v) is 2.52. The van der Waals surface area contributed by atoms with Crippen LogP contribution in [0.25, 0.3) is 5.69 Å². The van der Waals surface area contributed by atoms with E-state index >= 15 is 0 Å². The molecular formula is C9H6BrN3O2. The molecule has 0 bridgehead atoms. The fraction of sp³-hybridized carbons (Fsp3) is 0. The molecule has 2 rings (SSSR count). The van der Waals surface area contributed by atoms with Gasteiger partial charge in [-0.2, -0.15) is 0 Å². The van der Waals surface area contributed by atoms with Gasteiger partial charge in [0.2, 0.25) is 0 Å². The van der Waals surface area contributed by atoms with Gasteiger partial charge in [0.05, 0.1) is 4.92 Å². The first-order valence-corrected chi connectivity index (χ1v) is 4.92. The summed E-state index contributed by atoms with van der Waals surface area (Å²) in [6.07, 6.45) is 3.23. The van der Waals surface area contributed by atoms with Gasteiger partial charge in [0.15, 0.2) is 4.73 Å². The van der Waals surface area contributed by atoms with Crippen molar-refractivity contribution >= 4 is 21.6 Å². The van der Waals surface area contributed by atoms with Crippen LogP contribution < -0.4 is 0 Å². The van der Waals surface area contributed by atoms with Gasteiger partial charge in [-0.3, -0.25) is 14.7 Å². The Balaban J connectivity index is 2.63. The first-order chi connectivity index (χ1) is 7.20. The molecule has 0 aliphatic rings. The van der Waals surface area contributed by atoms with E-state index in [1.54, 1.807) is 35.2 Å². The second-order valence-corrected chi connectivity index (χ2v) is 3.52. The van der Waals surface area contributed by atoms with Gasteiger partial charge in [0.1, 0.15) is 5.69 Å². The monoisotopic (exact) mass is 267 g/mol. The molecule has 2 aromatic rings. The first-order valence-electron chi connectivity index (χ1n) is 4.13. The molecule has 0 fully saturated rings. The number of nitrogens with zero attached hydrogens (tertiary/aromatic N) is 3. The third-order valence-electron chi connectivity index (χ3n) is 1.93. The standard InChI is InChI=1S/C9H6BrN3O2/c10-9-11-5-6-12(9)7-3-1-2-4-8(7)13(14)15/h1-6H. The second-order valence-electron chi connectivity index (χ2n) is 2.81. The molecule has 1 aromatic carbocycles. The van der Waals surface area contributed by atoms with Crippen LogP contribution >= 0.6 is 15.9 Å². The van der Waals surface area contributed by atoms with E-state index in [9.17, 15) is 10.1 Å². The highest BCUT2D eigenvalue weighted by molar-refractivity contribution is 9.10. The summed E-state index contributed by atoms with van der Waals surface area (Å²) in [5, 5.41) is 10.8. The number of halogens is 1. The molecule has 1 heterocycles. The van der Waals surface area contributed by atoms with Gasteiger partial charge < -0.3 is 0 Å². The molecule has 15 heavy (non-hydrogen) atoms. The lowest BCUT2D eigenvalue weighted by Gasteiger charge is -2.03. The molecule has 0 spiro atoms. The Hall–Kier alpha value is -1.69. The zero-order chi connectivity index (χ0) is 10.8. The van der Waals surface area contributed by atoms with E-state index in [1.165, 1.54) is 6.07 Å². The minimum atomic E-state index is -0.415. The molecule has 0 atom stereocenters. The van der Waals surface area contributed by atoms with E-state index in [1.807, 2.05) is 0 Å². The SMILES string of the molecule is O=[N+]([O-])c1ccccc1-n1ccnc1Br. The molecule has 0 saturated carbocycles. The normalized spacial score (nSPS) is 10.2. The summed E-state index contributed by atoms with van der Waals surface area (Å²) >= 11 is 3.22. The lowest BCUT2D eigenvalue weighted by Crippen LogP contribution is -1.98. The van der Waals surface area contributed by atoms with Crippen LogP contribution in [0.2, 0.25) is 0 Å². The van der Waals surface area contributed by atoms with Crippen LogP contribution in [-0.2, 0) is 0 Å². The van der Waals surface area contributed by atoms with E-state index < -0.39 is 4.92 Å². The topological polar surface area (TPSA) is 61.0 Å². The van der Waals surface area contributed by atoms with Crippen LogP contribution in [0.5, 0.6) is 0 Å². The maximum absolute atomic E-state index is 10.8. The zero-order valence-corrected chi connectivity index (χ0v) is 9.09. The van der Waals surface area contributed by atoms with Gasteiger partial charge >= 0.3 is 0 Å². The number of hydrogen-bond donors (Lipinski definition) is 0. The van der Waals surface area contributed by atoms with Crippen LogP contribution in [0.3, 0.4) is 0 Å². The Bertz CT molecular complexity index is 510. The number of aromatic nitrogens is 2. The van der Waals surface area contributed by atoms with Gasteiger partial charge in [-0.15, -0.1) is 0 Å². The first kappa shape index (κ1) is 9.85. The van der Waals surface area contributed by atoms with Crippen molar-refractivity contribution in [1.29, 1.82) is 0 Å². The van der Waals surface area contributed by atoms with E-state index in [-0.39, 0.29) is 5.69 Å². The average molecular weight is 268 g/mol. The molecule has 76 valence electrons. The summed E-state index contributed by atoms with van der Waals surface area (Å²) in [6, 6.07) is 6.51. The van der Waals surface area contributed by atoms with Crippen molar-refractivity contribution in [1.82, 2.24) is 9.55 Å². The molecular weight excluding hydrogens is 262 g/mol. The van der Waals surface area contributed by atoms with E-state index in [0.29, 0.717) is 10.4 Å². The van der Waals surface area contributed by atoms with Gasteiger partial charge in [-0.1, -0.05) is 12.1 Å². The number of rotatable bonds is 2. The molecule has 1 aromatic heterocycles. The van der Waals surface area contributed by atoms with Crippen molar-refractivity contribution < 1.29 is 4.92 Å². The highest BCUT2D eigenvalue weighted by Crippen LogP contribution is 2.24. The summed E-state index contributed by atoms with van der Waals surface area (Å²) in [5.74, 6) is 0. The van der Waals surface area contributed by atoms with Crippen LogP contribution in [0.4, 0.5) is 5.69 Å². The minimum Gasteiger partial charge on any atom is -0.288 e. The molecule has 5 nitrogen and oxygen atoms in total. The largest absolute Gasteiger partial charge is 0.293 e.